The highest BCUT2D eigenvalue weighted by molar-refractivity contribution is 7.91. The number of carbonyl (C=O) groups is 1. The fourth-order valence-electron chi connectivity index (χ4n) is 3.13. The van der Waals surface area contributed by atoms with Crippen molar-refractivity contribution >= 4 is 28.0 Å². The summed E-state index contributed by atoms with van der Waals surface area (Å²) < 4.78 is 27.8. The van der Waals surface area contributed by atoms with Gasteiger partial charge in [-0.3, -0.25) is 4.57 Å². The Kier molecular flexibility index (Phi) is 4.62. The van der Waals surface area contributed by atoms with E-state index in [4.69, 9.17) is 0 Å². The van der Waals surface area contributed by atoms with Crippen molar-refractivity contribution in [3.63, 3.8) is 0 Å². The Morgan fingerprint density at radius 3 is 2.61 bits per heavy atom. The molecule has 4 aromatic rings. The Balaban J connectivity index is 1.85. The minimum absolute atomic E-state index is 0.128. The van der Waals surface area contributed by atoms with E-state index in [2.05, 4.69) is 4.98 Å². The van der Waals surface area contributed by atoms with Gasteiger partial charge in [0.1, 0.15) is 17.9 Å². The SMILES string of the molecule is C[S+]([O-])c1cn(-c2ccc(-c3ccccc3F)cn2)c2cc(C(=O)O)ccc12. The second-order valence-corrected chi connectivity index (χ2v) is 7.59. The number of carboxylic acids is 1. The minimum Gasteiger partial charge on any atom is -0.612 e. The summed E-state index contributed by atoms with van der Waals surface area (Å²) in [6, 6.07) is 14.6. The van der Waals surface area contributed by atoms with Crippen molar-refractivity contribution in [3.05, 3.63) is 78.4 Å². The van der Waals surface area contributed by atoms with Gasteiger partial charge in [-0.2, -0.15) is 0 Å². The van der Waals surface area contributed by atoms with E-state index in [9.17, 15) is 18.8 Å². The number of hydrogen-bond acceptors (Lipinski definition) is 3. The first-order chi connectivity index (χ1) is 13.5. The first-order valence-electron chi connectivity index (χ1n) is 8.39. The summed E-state index contributed by atoms with van der Waals surface area (Å²) in [7, 11) is 0. The second-order valence-electron chi connectivity index (χ2n) is 6.24. The van der Waals surface area contributed by atoms with Gasteiger partial charge in [-0.25, -0.2) is 14.2 Å². The lowest BCUT2D eigenvalue weighted by atomic mass is 10.1. The van der Waals surface area contributed by atoms with Crippen LogP contribution >= 0.6 is 0 Å². The Morgan fingerprint density at radius 2 is 1.96 bits per heavy atom. The zero-order chi connectivity index (χ0) is 19.8. The summed E-state index contributed by atoms with van der Waals surface area (Å²) in [6.45, 7) is 0. The van der Waals surface area contributed by atoms with Crippen LogP contribution < -0.4 is 0 Å². The number of aromatic carboxylic acids is 1. The van der Waals surface area contributed by atoms with E-state index < -0.39 is 17.1 Å². The van der Waals surface area contributed by atoms with Crippen LogP contribution in [0.5, 0.6) is 0 Å². The van der Waals surface area contributed by atoms with Crippen LogP contribution in [0, 0.1) is 5.82 Å². The lowest BCUT2D eigenvalue weighted by Crippen LogP contribution is -1.99. The molecule has 2 aromatic heterocycles. The van der Waals surface area contributed by atoms with Crippen LogP contribution in [0.2, 0.25) is 0 Å². The summed E-state index contributed by atoms with van der Waals surface area (Å²) in [5.74, 6) is -0.862. The third kappa shape index (κ3) is 3.15. The third-order valence-corrected chi connectivity index (χ3v) is 5.45. The molecule has 0 aliphatic heterocycles. The van der Waals surface area contributed by atoms with E-state index in [0.29, 0.717) is 32.7 Å². The van der Waals surface area contributed by atoms with Crippen molar-refractivity contribution in [3.8, 4) is 16.9 Å². The highest BCUT2D eigenvalue weighted by Crippen LogP contribution is 2.29. The highest BCUT2D eigenvalue weighted by atomic mass is 32.2. The molecule has 1 N–H and O–H groups in total. The third-order valence-electron chi connectivity index (χ3n) is 4.51. The normalized spacial score (nSPS) is 12.2. The maximum atomic E-state index is 14.0. The molecule has 5 nitrogen and oxygen atoms in total. The number of pyridine rings is 1. The molecule has 0 bridgehead atoms. The number of halogens is 1. The molecule has 0 radical (unpaired) electrons. The van der Waals surface area contributed by atoms with Crippen molar-refractivity contribution < 1.29 is 18.8 Å². The number of aromatic nitrogens is 2. The van der Waals surface area contributed by atoms with Gasteiger partial charge in [-0.05, 0) is 47.6 Å². The van der Waals surface area contributed by atoms with E-state index in [0.717, 1.165) is 0 Å². The molecule has 0 amide bonds. The van der Waals surface area contributed by atoms with Crippen molar-refractivity contribution in [2.45, 2.75) is 4.90 Å². The predicted octanol–water partition coefficient (Wildman–Crippen LogP) is 4.27. The number of hydrogen-bond donors (Lipinski definition) is 1. The van der Waals surface area contributed by atoms with Gasteiger partial charge in [0.25, 0.3) is 0 Å². The topological polar surface area (TPSA) is 78.2 Å². The Hall–Kier alpha value is -3.16. The van der Waals surface area contributed by atoms with Crippen LogP contribution in [0.3, 0.4) is 0 Å². The molecule has 0 saturated heterocycles. The van der Waals surface area contributed by atoms with Crippen LogP contribution in [-0.2, 0) is 11.2 Å². The lowest BCUT2D eigenvalue weighted by Gasteiger charge is -2.07. The largest absolute Gasteiger partial charge is 0.612 e. The summed E-state index contributed by atoms with van der Waals surface area (Å²) in [6.07, 6.45) is 4.82. The van der Waals surface area contributed by atoms with Crippen LogP contribution in [0.1, 0.15) is 10.4 Å². The molecule has 28 heavy (non-hydrogen) atoms. The zero-order valence-corrected chi connectivity index (χ0v) is 15.6. The van der Waals surface area contributed by atoms with Crippen LogP contribution in [-0.4, -0.2) is 31.4 Å². The molecule has 0 spiro atoms. The fraction of sp³-hybridized carbons (Fsp3) is 0.0476. The van der Waals surface area contributed by atoms with Gasteiger partial charge in [0.2, 0.25) is 0 Å². The second kappa shape index (κ2) is 7.10. The molecule has 7 heteroatoms. The van der Waals surface area contributed by atoms with E-state index in [1.807, 2.05) is 0 Å². The summed E-state index contributed by atoms with van der Waals surface area (Å²) in [5.41, 5.74) is 1.80. The van der Waals surface area contributed by atoms with Crippen molar-refractivity contribution in [1.82, 2.24) is 9.55 Å². The summed E-state index contributed by atoms with van der Waals surface area (Å²) in [4.78, 5) is 16.3. The Morgan fingerprint density at radius 1 is 1.18 bits per heavy atom. The highest BCUT2D eigenvalue weighted by Gasteiger charge is 2.19. The quantitative estimate of drug-likeness (QED) is 0.525. The van der Waals surface area contributed by atoms with E-state index >= 15 is 0 Å². The van der Waals surface area contributed by atoms with E-state index in [1.54, 1.807) is 59.6 Å². The van der Waals surface area contributed by atoms with Crippen LogP contribution in [0.4, 0.5) is 4.39 Å². The molecule has 2 aromatic carbocycles. The molecule has 1 atom stereocenters. The van der Waals surface area contributed by atoms with Gasteiger partial charge in [-0.15, -0.1) is 0 Å². The number of carboxylic acid groups (broad SMARTS) is 1. The first kappa shape index (κ1) is 18.2. The molecule has 1 unspecified atom stereocenters. The van der Waals surface area contributed by atoms with Crippen LogP contribution in [0.15, 0.2) is 71.9 Å². The zero-order valence-electron chi connectivity index (χ0n) is 14.8. The molecule has 0 saturated carbocycles. The predicted molar refractivity (Wildman–Crippen MR) is 106 cm³/mol. The number of nitrogens with zero attached hydrogens (tertiary/aromatic N) is 2. The summed E-state index contributed by atoms with van der Waals surface area (Å²) in [5, 5.41) is 9.99. The van der Waals surface area contributed by atoms with Crippen LogP contribution in [0.25, 0.3) is 27.8 Å². The smallest absolute Gasteiger partial charge is 0.335 e. The van der Waals surface area contributed by atoms with Crippen molar-refractivity contribution in [1.29, 1.82) is 0 Å². The molecule has 0 fully saturated rings. The maximum Gasteiger partial charge on any atom is 0.335 e. The van der Waals surface area contributed by atoms with Gasteiger partial charge in [0.15, 0.2) is 4.90 Å². The van der Waals surface area contributed by atoms with Gasteiger partial charge >= 0.3 is 5.97 Å². The van der Waals surface area contributed by atoms with Gasteiger partial charge in [0, 0.05) is 17.3 Å². The first-order valence-corrected chi connectivity index (χ1v) is 9.94. The minimum atomic E-state index is -1.26. The Labute approximate surface area is 163 Å². The molecule has 0 aliphatic carbocycles. The standard InChI is InChI=1S/C21H15FN2O3S/c1-28(27)19-12-24(18-10-13(21(25)26)6-8-16(18)19)20-9-7-14(11-23-20)15-4-2-3-5-17(15)22/h2-12H,1H3,(H,25,26). The Bertz CT molecular complexity index is 1190. The van der Waals surface area contributed by atoms with E-state index in [-0.39, 0.29) is 11.4 Å². The molecule has 2 heterocycles. The van der Waals surface area contributed by atoms with E-state index in [1.165, 1.54) is 18.2 Å². The summed E-state index contributed by atoms with van der Waals surface area (Å²) >= 11 is -1.26. The van der Waals surface area contributed by atoms with Crippen molar-refractivity contribution in [2.24, 2.45) is 0 Å². The average Bonchev–Trinajstić information content (AvgIpc) is 3.07. The molecule has 0 aliphatic rings. The van der Waals surface area contributed by atoms with Gasteiger partial charge in [0.05, 0.1) is 22.7 Å². The van der Waals surface area contributed by atoms with Gasteiger partial charge in [-0.1, -0.05) is 18.2 Å². The molecule has 140 valence electrons. The molecule has 4 rings (SSSR count). The molecular formula is C21H15FN2O3S. The average molecular weight is 394 g/mol. The van der Waals surface area contributed by atoms with Gasteiger partial charge < -0.3 is 9.66 Å². The number of benzene rings is 2. The monoisotopic (exact) mass is 394 g/mol. The molecular weight excluding hydrogens is 379 g/mol. The number of rotatable bonds is 4. The number of fused-ring (bicyclic) bond motifs is 1. The maximum absolute atomic E-state index is 14.0. The fourth-order valence-corrected chi connectivity index (χ4v) is 3.87. The van der Waals surface area contributed by atoms with Crippen molar-refractivity contribution in [2.75, 3.05) is 6.26 Å². The lowest BCUT2D eigenvalue weighted by molar-refractivity contribution is 0.0697.